The van der Waals surface area contributed by atoms with E-state index >= 15 is 0 Å². The van der Waals surface area contributed by atoms with Gasteiger partial charge in [0.2, 0.25) is 0 Å². The van der Waals surface area contributed by atoms with Crippen LogP contribution in [0.1, 0.15) is 20.3 Å². The Labute approximate surface area is 123 Å². The number of benzene rings is 1. The van der Waals surface area contributed by atoms with Gasteiger partial charge in [-0.2, -0.15) is 11.8 Å². The van der Waals surface area contributed by atoms with E-state index in [2.05, 4.69) is 19.2 Å². The second-order valence-corrected chi connectivity index (χ2v) is 6.82. The van der Waals surface area contributed by atoms with Gasteiger partial charge in [0.15, 0.2) is 0 Å². The van der Waals surface area contributed by atoms with Crippen LogP contribution in [0.15, 0.2) is 24.3 Å². The molecule has 1 aromatic carbocycles. The molecule has 1 saturated heterocycles. The van der Waals surface area contributed by atoms with Gasteiger partial charge in [0, 0.05) is 16.9 Å². The molecule has 5 heteroatoms. The lowest BCUT2D eigenvalue weighted by Crippen LogP contribution is -2.61. The molecule has 1 N–H and O–H groups in total. The molecule has 1 aliphatic heterocycles. The topological polar surface area (TPSA) is 38.3 Å². The largest absolute Gasteiger partial charge is 0.467 e. The first-order valence-corrected chi connectivity index (χ1v) is 7.77. The Morgan fingerprint density at radius 2 is 2.20 bits per heavy atom. The summed E-state index contributed by atoms with van der Waals surface area (Å²) >= 11 is 1.71. The summed E-state index contributed by atoms with van der Waals surface area (Å²) in [7, 11) is 1.40. The minimum atomic E-state index is -0.835. The van der Waals surface area contributed by atoms with Crippen molar-refractivity contribution in [3.63, 3.8) is 0 Å². The fourth-order valence-corrected chi connectivity index (χ4v) is 4.23. The molecule has 0 aliphatic carbocycles. The van der Waals surface area contributed by atoms with E-state index in [4.69, 9.17) is 4.74 Å². The van der Waals surface area contributed by atoms with Gasteiger partial charge in [0.05, 0.1) is 7.11 Å². The second-order valence-electron chi connectivity index (χ2n) is 5.72. The molecule has 1 aromatic rings. The molecule has 0 radical (unpaired) electrons. The van der Waals surface area contributed by atoms with Crippen molar-refractivity contribution < 1.29 is 13.9 Å². The molecule has 110 valence electrons. The van der Waals surface area contributed by atoms with E-state index in [-0.39, 0.29) is 17.2 Å². The van der Waals surface area contributed by atoms with Crippen molar-refractivity contribution in [1.29, 1.82) is 0 Å². The van der Waals surface area contributed by atoms with Crippen LogP contribution in [0, 0.1) is 11.2 Å². The maximum absolute atomic E-state index is 13.4. The van der Waals surface area contributed by atoms with E-state index in [1.54, 1.807) is 23.9 Å². The summed E-state index contributed by atoms with van der Waals surface area (Å²) in [6.07, 6.45) is 0.898. The highest BCUT2D eigenvalue weighted by atomic mass is 32.2. The number of anilines is 1. The number of hydrogen-bond donors (Lipinski definition) is 1. The molecule has 1 aliphatic rings. The molecule has 2 rings (SSSR count). The van der Waals surface area contributed by atoms with Crippen LogP contribution in [-0.4, -0.2) is 30.1 Å². The number of rotatable bonds is 3. The highest BCUT2D eigenvalue weighted by molar-refractivity contribution is 7.99. The van der Waals surface area contributed by atoms with Crippen molar-refractivity contribution in [1.82, 2.24) is 0 Å². The van der Waals surface area contributed by atoms with Gasteiger partial charge < -0.3 is 10.1 Å². The van der Waals surface area contributed by atoms with Gasteiger partial charge in [0.25, 0.3) is 0 Å². The van der Waals surface area contributed by atoms with Crippen molar-refractivity contribution in [2.45, 2.75) is 25.8 Å². The first-order chi connectivity index (χ1) is 9.41. The molecular formula is C15H20FNO2S. The van der Waals surface area contributed by atoms with Crippen LogP contribution in [0.2, 0.25) is 0 Å². The maximum atomic E-state index is 13.4. The Bertz CT molecular complexity index is 506. The number of carbonyl (C=O) groups excluding carboxylic acids is 1. The normalized spacial score (nSPS) is 25.0. The van der Waals surface area contributed by atoms with Crippen LogP contribution in [-0.2, 0) is 9.53 Å². The standard InChI is InChI=1S/C15H20FNO2S/c1-14(2)7-8-20-10-15(14,13(18)19-3)17-12-6-4-5-11(16)9-12/h4-6,9,17H,7-8,10H2,1-3H3. The summed E-state index contributed by atoms with van der Waals surface area (Å²) in [5.74, 6) is 1.01. The molecule has 0 amide bonds. The van der Waals surface area contributed by atoms with E-state index in [0.717, 1.165) is 12.2 Å². The number of esters is 1. The lowest BCUT2D eigenvalue weighted by Gasteiger charge is -2.48. The fraction of sp³-hybridized carbons (Fsp3) is 0.533. The third-order valence-corrected chi connectivity index (χ3v) is 5.19. The number of nitrogens with one attached hydrogen (secondary N) is 1. The predicted molar refractivity (Wildman–Crippen MR) is 80.5 cm³/mol. The Morgan fingerprint density at radius 1 is 1.45 bits per heavy atom. The third-order valence-electron chi connectivity index (χ3n) is 4.06. The Morgan fingerprint density at radius 3 is 2.80 bits per heavy atom. The zero-order valence-electron chi connectivity index (χ0n) is 12.0. The first kappa shape index (κ1) is 15.2. The minimum Gasteiger partial charge on any atom is -0.467 e. The van der Waals surface area contributed by atoms with Gasteiger partial charge in [-0.15, -0.1) is 0 Å². The van der Waals surface area contributed by atoms with Crippen molar-refractivity contribution in [3.8, 4) is 0 Å². The molecule has 1 atom stereocenters. The smallest absolute Gasteiger partial charge is 0.332 e. The summed E-state index contributed by atoms with van der Waals surface area (Å²) in [6.45, 7) is 4.10. The average Bonchev–Trinajstić information content (AvgIpc) is 2.40. The average molecular weight is 297 g/mol. The lowest BCUT2D eigenvalue weighted by atomic mass is 9.70. The summed E-state index contributed by atoms with van der Waals surface area (Å²) in [5, 5.41) is 3.24. The number of halogens is 1. The lowest BCUT2D eigenvalue weighted by molar-refractivity contribution is -0.149. The van der Waals surface area contributed by atoms with Gasteiger partial charge in [-0.05, 0) is 30.4 Å². The number of methoxy groups -OCH3 is 1. The zero-order valence-corrected chi connectivity index (χ0v) is 12.8. The molecule has 3 nitrogen and oxygen atoms in total. The van der Waals surface area contributed by atoms with Crippen LogP contribution >= 0.6 is 11.8 Å². The first-order valence-electron chi connectivity index (χ1n) is 6.61. The van der Waals surface area contributed by atoms with Crippen LogP contribution < -0.4 is 5.32 Å². The molecule has 0 aromatic heterocycles. The SMILES string of the molecule is COC(=O)C1(Nc2cccc(F)c2)CSCCC1(C)C. The molecule has 0 spiro atoms. The van der Waals surface area contributed by atoms with Gasteiger partial charge in [-0.3, -0.25) is 0 Å². The molecular weight excluding hydrogens is 277 g/mol. The van der Waals surface area contributed by atoms with Gasteiger partial charge >= 0.3 is 5.97 Å². The predicted octanol–water partition coefficient (Wildman–Crippen LogP) is 3.31. The Hall–Kier alpha value is -1.23. The van der Waals surface area contributed by atoms with Crippen molar-refractivity contribution >= 4 is 23.4 Å². The quantitative estimate of drug-likeness (QED) is 0.869. The molecule has 1 unspecified atom stereocenters. The van der Waals surface area contributed by atoms with Gasteiger partial charge in [0.1, 0.15) is 11.4 Å². The summed E-state index contributed by atoms with van der Waals surface area (Å²) in [6, 6.07) is 6.19. The van der Waals surface area contributed by atoms with Crippen LogP contribution in [0.3, 0.4) is 0 Å². The minimum absolute atomic E-state index is 0.266. The van der Waals surface area contributed by atoms with E-state index in [1.807, 2.05) is 0 Å². The Balaban J connectivity index is 2.39. The zero-order chi connectivity index (χ0) is 14.8. The van der Waals surface area contributed by atoms with Crippen molar-refractivity contribution in [3.05, 3.63) is 30.1 Å². The number of thioether (sulfide) groups is 1. The monoisotopic (exact) mass is 297 g/mol. The molecule has 0 saturated carbocycles. The Kier molecular flexibility index (Phi) is 4.28. The molecule has 1 heterocycles. The third kappa shape index (κ3) is 2.64. The van der Waals surface area contributed by atoms with Gasteiger partial charge in [-0.25, -0.2) is 9.18 Å². The number of carbonyl (C=O) groups is 1. The van der Waals surface area contributed by atoms with Crippen LogP contribution in [0.4, 0.5) is 10.1 Å². The molecule has 1 fully saturated rings. The summed E-state index contributed by atoms with van der Waals surface area (Å²) in [4.78, 5) is 12.4. The van der Waals surface area contributed by atoms with Crippen molar-refractivity contribution in [2.24, 2.45) is 5.41 Å². The van der Waals surface area contributed by atoms with E-state index < -0.39 is 5.54 Å². The number of ether oxygens (including phenoxy) is 1. The molecule has 20 heavy (non-hydrogen) atoms. The number of hydrogen-bond acceptors (Lipinski definition) is 4. The van der Waals surface area contributed by atoms with Gasteiger partial charge in [-0.1, -0.05) is 19.9 Å². The fourth-order valence-electron chi connectivity index (χ4n) is 2.54. The van der Waals surface area contributed by atoms with Crippen LogP contribution in [0.25, 0.3) is 0 Å². The maximum Gasteiger partial charge on any atom is 0.332 e. The van der Waals surface area contributed by atoms with Crippen LogP contribution in [0.5, 0.6) is 0 Å². The van der Waals surface area contributed by atoms with E-state index in [0.29, 0.717) is 11.4 Å². The van der Waals surface area contributed by atoms with E-state index in [1.165, 1.54) is 19.2 Å². The summed E-state index contributed by atoms with van der Waals surface area (Å²) < 4.78 is 18.4. The van der Waals surface area contributed by atoms with Crippen molar-refractivity contribution in [2.75, 3.05) is 23.9 Å². The highest BCUT2D eigenvalue weighted by Gasteiger charge is 2.53. The summed E-state index contributed by atoms with van der Waals surface area (Å²) in [5.41, 5.74) is -0.498. The molecule has 0 bridgehead atoms. The highest BCUT2D eigenvalue weighted by Crippen LogP contribution is 2.45. The van der Waals surface area contributed by atoms with E-state index in [9.17, 15) is 9.18 Å². The second kappa shape index (κ2) is 5.64.